The van der Waals surface area contributed by atoms with E-state index in [1.54, 1.807) is 11.3 Å². The van der Waals surface area contributed by atoms with Gasteiger partial charge in [-0.15, -0.1) is 22.9 Å². The Bertz CT molecular complexity index is 794. The summed E-state index contributed by atoms with van der Waals surface area (Å²) in [5.74, 6) is 0. The van der Waals surface area contributed by atoms with Gasteiger partial charge < -0.3 is 0 Å². The molecule has 0 spiro atoms. The summed E-state index contributed by atoms with van der Waals surface area (Å²) < 4.78 is 0. The van der Waals surface area contributed by atoms with Gasteiger partial charge in [0.2, 0.25) is 0 Å². The Morgan fingerprint density at radius 1 is 1.00 bits per heavy atom. The molecule has 20 heavy (non-hydrogen) atoms. The molecule has 1 heterocycles. The van der Waals surface area contributed by atoms with Crippen molar-refractivity contribution >= 4 is 45.3 Å². The van der Waals surface area contributed by atoms with Gasteiger partial charge in [-0.3, -0.25) is 0 Å². The number of aryl methyl sites for hydroxylation is 2. The first-order valence-corrected chi connectivity index (χ1v) is 8.35. The minimum atomic E-state index is -0.174. The number of alkyl halides is 1. The zero-order valence-electron chi connectivity index (χ0n) is 10.7. The molecule has 0 aliphatic heterocycles. The van der Waals surface area contributed by atoms with E-state index < -0.39 is 0 Å². The van der Waals surface area contributed by atoms with Gasteiger partial charge >= 0.3 is 0 Å². The third-order valence-corrected chi connectivity index (χ3v) is 6.06. The van der Waals surface area contributed by atoms with Gasteiger partial charge in [0.1, 0.15) is 0 Å². The first-order valence-electron chi connectivity index (χ1n) is 6.66. The van der Waals surface area contributed by atoms with Crippen LogP contribution in [0, 0.1) is 0 Å². The van der Waals surface area contributed by atoms with E-state index in [1.807, 2.05) is 11.4 Å². The van der Waals surface area contributed by atoms with Crippen LogP contribution < -0.4 is 0 Å². The SMILES string of the molecule is Clc1ccsc1C(Cl)c1ccc2c3c(cccc13)CC2. The lowest BCUT2D eigenvalue weighted by atomic mass is 9.97. The molecule has 1 unspecified atom stereocenters. The van der Waals surface area contributed by atoms with Crippen molar-refractivity contribution < 1.29 is 0 Å². The summed E-state index contributed by atoms with van der Waals surface area (Å²) in [6.07, 6.45) is 2.28. The Labute approximate surface area is 132 Å². The van der Waals surface area contributed by atoms with Crippen molar-refractivity contribution in [3.05, 3.63) is 68.4 Å². The first-order chi connectivity index (χ1) is 9.75. The van der Waals surface area contributed by atoms with E-state index in [0.717, 1.165) is 22.7 Å². The molecule has 0 radical (unpaired) electrons. The molecule has 1 aromatic heterocycles. The van der Waals surface area contributed by atoms with Crippen molar-refractivity contribution in [3.8, 4) is 0 Å². The van der Waals surface area contributed by atoms with E-state index in [-0.39, 0.29) is 5.38 Å². The van der Waals surface area contributed by atoms with Crippen molar-refractivity contribution in [2.24, 2.45) is 0 Å². The second-order valence-corrected chi connectivity index (χ2v) is 6.94. The van der Waals surface area contributed by atoms with E-state index >= 15 is 0 Å². The normalized spacial score (nSPS) is 14.9. The van der Waals surface area contributed by atoms with Gasteiger partial charge in [0.05, 0.1) is 10.4 Å². The Morgan fingerprint density at radius 2 is 1.80 bits per heavy atom. The van der Waals surface area contributed by atoms with E-state index in [9.17, 15) is 0 Å². The number of hydrogen-bond acceptors (Lipinski definition) is 1. The minimum absolute atomic E-state index is 0.174. The van der Waals surface area contributed by atoms with Crippen LogP contribution in [-0.4, -0.2) is 0 Å². The molecule has 100 valence electrons. The van der Waals surface area contributed by atoms with Crippen LogP contribution in [0.25, 0.3) is 10.8 Å². The number of halogens is 2. The third-order valence-electron chi connectivity index (χ3n) is 4.06. The summed E-state index contributed by atoms with van der Waals surface area (Å²) in [4.78, 5) is 1.03. The van der Waals surface area contributed by atoms with Gasteiger partial charge in [-0.05, 0) is 51.8 Å². The zero-order valence-corrected chi connectivity index (χ0v) is 13.0. The topological polar surface area (TPSA) is 0 Å². The summed E-state index contributed by atoms with van der Waals surface area (Å²) in [7, 11) is 0. The summed E-state index contributed by atoms with van der Waals surface area (Å²) in [5, 5.41) is 5.27. The van der Waals surface area contributed by atoms with Gasteiger partial charge in [-0.2, -0.15) is 0 Å². The molecular weight excluding hydrogens is 307 g/mol. The molecule has 0 amide bonds. The predicted octanol–water partition coefficient (Wildman–Crippen LogP) is 5.98. The maximum absolute atomic E-state index is 6.71. The van der Waals surface area contributed by atoms with Gasteiger partial charge in [0, 0.05) is 4.88 Å². The van der Waals surface area contributed by atoms with Crippen LogP contribution in [0.3, 0.4) is 0 Å². The fraction of sp³-hybridized carbons (Fsp3) is 0.176. The average molecular weight is 319 g/mol. The zero-order chi connectivity index (χ0) is 13.7. The van der Waals surface area contributed by atoms with Gasteiger partial charge in [0.25, 0.3) is 0 Å². The Hall–Kier alpha value is -1.02. The molecule has 0 bridgehead atoms. The molecule has 0 saturated heterocycles. The number of rotatable bonds is 2. The number of thiophene rings is 1. The summed E-state index contributed by atoms with van der Waals surface area (Å²) >= 11 is 14.6. The second-order valence-electron chi connectivity index (χ2n) is 5.15. The Kier molecular flexibility index (Phi) is 3.03. The third kappa shape index (κ3) is 1.81. The summed E-state index contributed by atoms with van der Waals surface area (Å²) in [6.45, 7) is 0. The van der Waals surface area contributed by atoms with Crippen LogP contribution in [0.15, 0.2) is 41.8 Å². The maximum atomic E-state index is 6.71. The van der Waals surface area contributed by atoms with Crippen LogP contribution in [0.4, 0.5) is 0 Å². The standard InChI is InChI=1S/C17H12Cl2S/c18-14-8-9-20-17(14)16(19)13-7-6-11-5-4-10-2-1-3-12(13)15(10)11/h1-3,6-9,16H,4-5H2. The summed E-state index contributed by atoms with van der Waals surface area (Å²) in [6, 6.07) is 12.8. The van der Waals surface area contributed by atoms with E-state index in [4.69, 9.17) is 23.2 Å². The van der Waals surface area contributed by atoms with Crippen LogP contribution in [0.5, 0.6) is 0 Å². The van der Waals surface area contributed by atoms with Crippen molar-refractivity contribution in [1.82, 2.24) is 0 Å². The molecule has 0 nitrogen and oxygen atoms in total. The second kappa shape index (κ2) is 4.77. The van der Waals surface area contributed by atoms with Crippen LogP contribution in [0.2, 0.25) is 5.02 Å². The predicted molar refractivity (Wildman–Crippen MR) is 88.4 cm³/mol. The maximum Gasteiger partial charge on any atom is 0.0948 e. The quantitative estimate of drug-likeness (QED) is 0.510. The number of hydrogen-bond donors (Lipinski definition) is 0. The Balaban J connectivity index is 1.96. The lowest BCUT2D eigenvalue weighted by Gasteiger charge is -2.13. The first kappa shape index (κ1) is 12.7. The molecule has 0 fully saturated rings. The van der Waals surface area contributed by atoms with Crippen molar-refractivity contribution in [2.45, 2.75) is 18.2 Å². The fourth-order valence-electron chi connectivity index (χ4n) is 3.12. The monoisotopic (exact) mass is 318 g/mol. The van der Waals surface area contributed by atoms with Gasteiger partial charge in [-0.25, -0.2) is 0 Å². The van der Waals surface area contributed by atoms with E-state index in [2.05, 4.69) is 30.3 Å². The van der Waals surface area contributed by atoms with E-state index in [1.165, 1.54) is 27.5 Å². The number of benzene rings is 2. The van der Waals surface area contributed by atoms with Crippen molar-refractivity contribution in [3.63, 3.8) is 0 Å². The highest BCUT2D eigenvalue weighted by molar-refractivity contribution is 7.11. The summed E-state index contributed by atoms with van der Waals surface area (Å²) in [5.41, 5.74) is 4.06. The smallest absolute Gasteiger partial charge is 0.0948 e. The molecule has 0 saturated carbocycles. The van der Waals surface area contributed by atoms with Crippen LogP contribution in [-0.2, 0) is 12.8 Å². The largest absolute Gasteiger partial charge is 0.145 e. The average Bonchev–Trinajstić information content (AvgIpc) is 3.07. The van der Waals surface area contributed by atoms with Crippen LogP contribution in [0.1, 0.15) is 26.9 Å². The van der Waals surface area contributed by atoms with Crippen molar-refractivity contribution in [1.29, 1.82) is 0 Å². The molecule has 1 aliphatic rings. The van der Waals surface area contributed by atoms with Gasteiger partial charge in [-0.1, -0.05) is 41.9 Å². The van der Waals surface area contributed by atoms with Gasteiger partial charge in [0.15, 0.2) is 0 Å². The minimum Gasteiger partial charge on any atom is -0.145 e. The highest BCUT2D eigenvalue weighted by Crippen LogP contribution is 2.42. The molecule has 3 heteroatoms. The molecule has 2 aromatic carbocycles. The van der Waals surface area contributed by atoms with E-state index in [0.29, 0.717) is 0 Å². The molecule has 4 rings (SSSR count). The molecule has 1 aliphatic carbocycles. The Morgan fingerprint density at radius 3 is 2.55 bits per heavy atom. The van der Waals surface area contributed by atoms with Crippen LogP contribution >= 0.6 is 34.5 Å². The molecule has 0 N–H and O–H groups in total. The highest BCUT2D eigenvalue weighted by atomic mass is 35.5. The highest BCUT2D eigenvalue weighted by Gasteiger charge is 2.21. The lowest BCUT2D eigenvalue weighted by Crippen LogP contribution is -1.94. The van der Waals surface area contributed by atoms with Crippen molar-refractivity contribution in [2.75, 3.05) is 0 Å². The lowest BCUT2D eigenvalue weighted by molar-refractivity contribution is 1.02. The molecule has 1 atom stereocenters. The fourth-order valence-corrected chi connectivity index (χ4v) is 4.79. The molecule has 3 aromatic rings. The molecular formula is C17H12Cl2S.